The van der Waals surface area contributed by atoms with Crippen LogP contribution in [0, 0.1) is 16.0 Å². The number of nitrogens with two attached hydrogens (primary N) is 1. The van der Waals surface area contributed by atoms with Crippen molar-refractivity contribution in [3.63, 3.8) is 0 Å². The zero-order valence-electron chi connectivity index (χ0n) is 10.5. The molecular weight excluding hydrogens is 232 g/mol. The summed E-state index contributed by atoms with van der Waals surface area (Å²) in [5, 5.41) is 10.8. The fourth-order valence-corrected chi connectivity index (χ4v) is 2.64. The van der Waals surface area contributed by atoms with Crippen LogP contribution < -0.4 is 10.5 Å². The van der Waals surface area contributed by atoms with E-state index in [0.29, 0.717) is 11.7 Å². The van der Waals surface area contributed by atoms with Gasteiger partial charge in [0.15, 0.2) is 0 Å². The second kappa shape index (κ2) is 5.35. The summed E-state index contributed by atoms with van der Waals surface area (Å²) in [6.07, 6.45) is 4.03. The molecule has 0 bridgehead atoms. The molecule has 2 rings (SSSR count). The average molecular weight is 250 g/mol. The first-order valence-electron chi connectivity index (χ1n) is 6.18. The highest BCUT2D eigenvalue weighted by Gasteiger charge is 2.25. The Kier molecular flexibility index (Phi) is 3.81. The lowest BCUT2D eigenvalue weighted by Gasteiger charge is -2.16. The Bertz CT molecular complexity index is 448. The Morgan fingerprint density at radius 3 is 2.83 bits per heavy atom. The maximum Gasteiger partial charge on any atom is 0.269 e. The third-order valence-electron chi connectivity index (χ3n) is 3.67. The lowest BCUT2D eigenvalue weighted by molar-refractivity contribution is -0.384. The van der Waals surface area contributed by atoms with Crippen molar-refractivity contribution >= 4 is 5.69 Å². The predicted molar refractivity (Wildman–Crippen MR) is 68.7 cm³/mol. The minimum Gasteiger partial charge on any atom is -0.496 e. The largest absolute Gasteiger partial charge is 0.496 e. The summed E-state index contributed by atoms with van der Waals surface area (Å²) in [6, 6.07) is 4.93. The molecule has 18 heavy (non-hydrogen) atoms. The Labute approximate surface area is 106 Å². The zero-order chi connectivity index (χ0) is 13.1. The molecule has 5 heteroatoms. The summed E-state index contributed by atoms with van der Waals surface area (Å²) in [6.45, 7) is 0. The van der Waals surface area contributed by atoms with Gasteiger partial charge in [0.25, 0.3) is 5.69 Å². The van der Waals surface area contributed by atoms with Crippen LogP contribution in [-0.4, -0.2) is 18.1 Å². The molecule has 0 spiro atoms. The van der Waals surface area contributed by atoms with E-state index in [1.165, 1.54) is 6.07 Å². The van der Waals surface area contributed by atoms with Crippen LogP contribution in [0.3, 0.4) is 0 Å². The van der Waals surface area contributed by atoms with Crippen molar-refractivity contribution < 1.29 is 9.66 Å². The summed E-state index contributed by atoms with van der Waals surface area (Å²) in [7, 11) is 1.58. The number of nitrogens with zero attached hydrogens (tertiary/aromatic N) is 1. The Hall–Kier alpha value is -1.62. The molecule has 5 nitrogen and oxygen atoms in total. The van der Waals surface area contributed by atoms with Crippen LogP contribution in [0.1, 0.15) is 24.8 Å². The fourth-order valence-electron chi connectivity index (χ4n) is 2.64. The van der Waals surface area contributed by atoms with Crippen LogP contribution in [0.4, 0.5) is 5.69 Å². The van der Waals surface area contributed by atoms with E-state index in [1.54, 1.807) is 19.2 Å². The highest BCUT2D eigenvalue weighted by molar-refractivity contribution is 5.44. The third-order valence-corrected chi connectivity index (χ3v) is 3.67. The number of hydrogen-bond donors (Lipinski definition) is 1. The molecule has 2 unspecified atom stereocenters. The molecule has 0 aromatic heterocycles. The quantitative estimate of drug-likeness (QED) is 0.656. The molecule has 2 N–H and O–H groups in total. The molecule has 98 valence electrons. The molecule has 2 atom stereocenters. The van der Waals surface area contributed by atoms with Gasteiger partial charge < -0.3 is 10.5 Å². The topological polar surface area (TPSA) is 78.4 Å². The van der Waals surface area contributed by atoms with Crippen molar-refractivity contribution in [1.29, 1.82) is 0 Å². The third kappa shape index (κ3) is 2.61. The van der Waals surface area contributed by atoms with Crippen molar-refractivity contribution in [3.05, 3.63) is 33.9 Å². The van der Waals surface area contributed by atoms with E-state index in [1.807, 2.05) is 0 Å². The van der Waals surface area contributed by atoms with Gasteiger partial charge in [0.2, 0.25) is 0 Å². The van der Waals surface area contributed by atoms with E-state index in [9.17, 15) is 10.1 Å². The summed E-state index contributed by atoms with van der Waals surface area (Å²) >= 11 is 0. The van der Waals surface area contributed by atoms with Crippen LogP contribution >= 0.6 is 0 Å². The van der Waals surface area contributed by atoms with E-state index in [2.05, 4.69) is 0 Å². The normalized spacial score (nSPS) is 23.0. The van der Waals surface area contributed by atoms with Crippen molar-refractivity contribution in [2.24, 2.45) is 11.7 Å². The number of nitro benzene ring substituents is 1. The summed E-state index contributed by atoms with van der Waals surface area (Å²) < 4.78 is 5.26. The minimum absolute atomic E-state index is 0.109. The Balaban J connectivity index is 2.23. The van der Waals surface area contributed by atoms with E-state index in [4.69, 9.17) is 10.5 Å². The lowest BCUT2D eigenvalue weighted by Crippen LogP contribution is -2.26. The fraction of sp³-hybridized carbons (Fsp3) is 0.538. The van der Waals surface area contributed by atoms with Crippen LogP contribution in [0.2, 0.25) is 0 Å². The molecular formula is C13H18N2O3. The van der Waals surface area contributed by atoms with Gasteiger partial charge in [0.05, 0.1) is 12.0 Å². The predicted octanol–water partition coefficient (Wildman–Crippen LogP) is 2.27. The highest BCUT2D eigenvalue weighted by atomic mass is 16.6. The molecule has 1 aliphatic rings. The lowest BCUT2D eigenvalue weighted by atomic mass is 9.94. The smallest absolute Gasteiger partial charge is 0.269 e. The number of nitro groups is 1. The van der Waals surface area contributed by atoms with Crippen molar-refractivity contribution in [2.75, 3.05) is 7.11 Å². The van der Waals surface area contributed by atoms with Gasteiger partial charge in [0, 0.05) is 23.7 Å². The summed E-state index contributed by atoms with van der Waals surface area (Å²) in [4.78, 5) is 10.4. The molecule has 0 aliphatic heterocycles. The number of hydrogen-bond acceptors (Lipinski definition) is 4. The molecule has 0 amide bonds. The van der Waals surface area contributed by atoms with E-state index in [0.717, 1.165) is 31.2 Å². The SMILES string of the molecule is COc1ccc([N+](=O)[O-])cc1CC1CCCC1N. The van der Waals surface area contributed by atoms with Crippen molar-refractivity contribution in [3.8, 4) is 5.75 Å². The van der Waals surface area contributed by atoms with E-state index >= 15 is 0 Å². The number of ether oxygens (including phenoxy) is 1. The second-order valence-electron chi connectivity index (χ2n) is 4.81. The molecule has 1 aromatic carbocycles. The summed E-state index contributed by atoms with van der Waals surface area (Å²) in [5.74, 6) is 1.11. The Morgan fingerprint density at radius 2 is 2.28 bits per heavy atom. The van der Waals surface area contributed by atoms with Gasteiger partial charge in [-0.3, -0.25) is 10.1 Å². The first-order valence-corrected chi connectivity index (χ1v) is 6.18. The molecule has 0 heterocycles. The number of rotatable bonds is 4. The van der Waals surface area contributed by atoms with Gasteiger partial charge in [-0.1, -0.05) is 6.42 Å². The number of methoxy groups -OCH3 is 1. The summed E-state index contributed by atoms with van der Waals surface area (Å²) in [5.41, 5.74) is 7.03. The van der Waals surface area contributed by atoms with Crippen molar-refractivity contribution in [2.45, 2.75) is 31.7 Å². The second-order valence-corrected chi connectivity index (χ2v) is 4.81. The maximum absolute atomic E-state index is 10.8. The first-order chi connectivity index (χ1) is 8.61. The van der Waals surface area contributed by atoms with Gasteiger partial charge in [0.1, 0.15) is 5.75 Å². The number of benzene rings is 1. The van der Waals surface area contributed by atoms with Gasteiger partial charge >= 0.3 is 0 Å². The van der Waals surface area contributed by atoms with Crippen LogP contribution in [-0.2, 0) is 6.42 Å². The highest BCUT2D eigenvalue weighted by Crippen LogP contribution is 2.32. The van der Waals surface area contributed by atoms with Crippen LogP contribution in [0.5, 0.6) is 5.75 Å². The number of non-ortho nitro benzene ring substituents is 1. The van der Waals surface area contributed by atoms with Crippen molar-refractivity contribution in [1.82, 2.24) is 0 Å². The van der Waals surface area contributed by atoms with Crippen LogP contribution in [0.15, 0.2) is 18.2 Å². The maximum atomic E-state index is 10.8. The van der Waals surface area contributed by atoms with Gasteiger partial charge in [-0.15, -0.1) is 0 Å². The molecule has 1 aromatic rings. The van der Waals surface area contributed by atoms with E-state index in [-0.39, 0.29) is 16.7 Å². The molecule has 1 fully saturated rings. The standard InChI is InChI=1S/C13H18N2O3/c1-18-13-6-5-11(15(16)17)8-10(13)7-9-3-2-4-12(9)14/h5-6,8-9,12H,2-4,7,14H2,1H3. The van der Waals surface area contributed by atoms with Gasteiger partial charge in [-0.25, -0.2) is 0 Å². The van der Waals surface area contributed by atoms with Gasteiger partial charge in [-0.2, -0.15) is 0 Å². The van der Waals surface area contributed by atoms with Crippen LogP contribution in [0.25, 0.3) is 0 Å². The molecule has 0 saturated heterocycles. The molecule has 1 saturated carbocycles. The average Bonchev–Trinajstić information content (AvgIpc) is 2.75. The van der Waals surface area contributed by atoms with Gasteiger partial charge in [-0.05, 0) is 31.2 Å². The first kappa shape index (κ1) is 12.8. The molecule has 0 radical (unpaired) electrons. The monoisotopic (exact) mass is 250 g/mol. The minimum atomic E-state index is -0.377. The Morgan fingerprint density at radius 1 is 1.50 bits per heavy atom. The van der Waals surface area contributed by atoms with E-state index < -0.39 is 0 Å². The zero-order valence-corrected chi connectivity index (χ0v) is 10.5. The molecule has 1 aliphatic carbocycles.